The number of alkyl halides is 3. The zero-order valence-corrected chi connectivity index (χ0v) is 16.2. The summed E-state index contributed by atoms with van der Waals surface area (Å²) >= 11 is 7.15. The fourth-order valence-corrected chi connectivity index (χ4v) is 3.26. The maximum absolute atomic E-state index is 12.7. The predicted octanol–water partition coefficient (Wildman–Crippen LogP) is 4.13. The van der Waals surface area contributed by atoms with Gasteiger partial charge in [0.05, 0.1) is 31.0 Å². The van der Waals surface area contributed by atoms with Crippen LogP contribution in [-0.4, -0.2) is 44.9 Å². The summed E-state index contributed by atoms with van der Waals surface area (Å²) in [6.45, 7) is 3.58. The molecule has 0 atom stereocenters. The Labute approximate surface area is 169 Å². The summed E-state index contributed by atoms with van der Waals surface area (Å²) in [6, 6.07) is 3.47. The lowest BCUT2D eigenvalue weighted by atomic mass is 10.2. The van der Waals surface area contributed by atoms with Gasteiger partial charge in [0.2, 0.25) is 0 Å². The number of carbonyl (C=O) groups is 1. The van der Waals surface area contributed by atoms with E-state index in [4.69, 9.17) is 18.0 Å². The van der Waals surface area contributed by atoms with E-state index in [-0.39, 0.29) is 34.5 Å². The van der Waals surface area contributed by atoms with Crippen LogP contribution in [0.3, 0.4) is 0 Å². The van der Waals surface area contributed by atoms with Gasteiger partial charge in [0.15, 0.2) is 5.15 Å². The number of thioether (sulfide) groups is 1. The second-order valence-electron chi connectivity index (χ2n) is 5.58. The number of terminal acetylenes is 1. The first kappa shape index (κ1) is 21.9. The van der Waals surface area contributed by atoms with Crippen LogP contribution in [0.4, 0.5) is 18.9 Å². The van der Waals surface area contributed by atoms with Gasteiger partial charge >= 0.3 is 6.18 Å². The summed E-state index contributed by atoms with van der Waals surface area (Å²) < 4.78 is 38.1. The van der Waals surface area contributed by atoms with Crippen LogP contribution in [0.25, 0.3) is 5.69 Å². The molecule has 0 fully saturated rings. The molecule has 0 aromatic carbocycles. The third-order valence-corrected chi connectivity index (χ3v) is 4.77. The van der Waals surface area contributed by atoms with Gasteiger partial charge in [0, 0.05) is 23.3 Å². The highest BCUT2D eigenvalue weighted by molar-refractivity contribution is 7.99. The van der Waals surface area contributed by atoms with Crippen molar-refractivity contribution in [3.05, 3.63) is 48.0 Å². The molecule has 2 heterocycles. The lowest BCUT2D eigenvalue weighted by molar-refractivity contribution is -0.129. The van der Waals surface area contributed by atoms with Crippen molar-refractivity contribution in [2.24, 2.45) is 0 Å². The summed E-state index contributed by atoms with van der Waals surface area (Å²) in [6.07, 6.45) is 4.88. The molecule has 0 N–H and O–H groups in total. The number of hydrogen-bond donors (Lipinski definition) is 0. The number of rotatable bonds is 8. The smallest absolute Gasteiger partial charge is 0.293 e. The Morgan fingerprint density at radius 1 is 1.46 bits per heavy atom. The lowest BCUT2D eigenvalue weighted by Crippen LogP contribution is -2.33. The zero-order chi connectivity index (χ0) is 20.7. The average molecular weight is 429 g/mol. The molecular weight excluding hydrogens is 413 g/mol. The molecule has 0 aliphatic heterocycles. The number of aromatic nitrogens is 3. The SMILES string of the molecule is C#CCN(C(=O)C(=C)CSCCC(F)(F)F)c1cn(-c2cccnc2)nc1Cl. The van der Waals surface area contributed by atoms with E-state index in [1.807, 2.05) is 0 Å². The normalized spacial score (nSPS) is 11.1. The molecule has 2 rings (SSSR count). The Hall–Kier alpha value is -2.44. The lowest BCUT2D eigenvalue weighted by Gasteiger charge is -2.20. The van der Waals surface area contributed by atoms with Gasteiger partial charge in [-0.3, -0.25) is 14.7 Å². The number of anilines is 1. The average Bonchev–Trinajstić information content (AvgIpc) is 3.04. The highest BCUT2D eigenvalue weighted by atomic mass is 35.5. The maximum atomic E-state index is 12.7. The summed E-state index contributed by atoms with van der Waals surface area (Å²) in [5.41, 5.74) is 1.02. The Morgan fingerprint density at radius 2 is 2.21 bits per heavy atom. The van der Waals surface area contributed by atoms with Crippen LogP contribution in [0.1, 0.15) is 6.42 Å². The quantitative estimate of drug-likeness (QED) is 0.360. The Balaban J connectivity index is 2.12. The molecule has 0 spiro atoms. The number of carbonyl (C=O) groups excluding carboxylic acids is 1. The van der Waals surface area contributed by atoms with Gasteiger partial charge in [-0.15, -0.1) is 6.42 Å². The molecule has 0 aliphatic rings. The molecule has 0 saturated heterocycles. The first-order chi connectivity index (χ1) is 13.2. The monoisotopic (exact) mass is 428 g/mol. The van der Waals surface area contributed by atoms with Crippen molar-refractivity contribution in [1.82, 2.24) is 14.8 Å². The Morgan fingerprint density at radius 3 is 2.82 bits per heavy atom. The van der Waals surface area contributed by atoms with E-state index >= 15 is 0 Å². The Bertz CT molecular complexity index is 877. The largest absolute Gasteiger partial charge is 0.389 e. The minimum Gasteiger partial charge on any atom is -0.293 e. The fraction of sp³-hybridized carbons (Fsp3) is 0.278. The van der Waals surface area contributed by atoms with E-state index in [2.05, 4.69) is 22.6 Å². The van der Waals surface area contributed by atoms with Gasteiger partial charge in [-0.25, -0.2) is 4.68 Å². The van der Waals surface area contributed by atoms with Gasteiger partial charge in [-0.1, -0.05) is 24.1 Å². The van der Waals surface area contributed by atoms with E-state index in [1.165, 1.54) is 15.8 Å². The summed E-state index contributed by atoms with van der Waals surface area (Å²) in [5, 5.41) is 4.19. The van der Waals surface area contributed by atoms with Gasteiger partial charge in [-0.05, 0) is 12.1 Å². The van der Waals surface area contributed by atoms with Crippen LogP contribution in [0.5, 0.6) is 0 Å². The van der Waals surface area contributed by atoms with Crippen LogP contribution in [-0.2, 0) is 4.79 Å². The van der Waals surface area contributed by atoms with Gasteiger partial charge in [0.25, 0.3) is 5.91 Å². The van der Waals surface area contributed by atoms with Gasteiger partial charge in [-0.2, -0.15) is 30.0 Å². The Kier molecular flexibility index (Phi) is 7.54. The van der Waals surface area contributed by atoms with Crippen molar-refractivity contribution in [3.8, 4) is 18.0 Å². The molecule has 0 unspecified atom stereocenters. The topological polar surface area (TPSA) is 51.0 Å². The van der Waals surface area contributed by atoms with Crippen LogP contribution >= 0.6 is 23.4 Å². The molecule has 10 heteroatoms. The zero-order valence-electron chi connectivity index (χ0n) is 14.6. The molecule has 148 valence electrons. The molecule has 2 aromatic heterocycles. The second-order valence-corrected chi connectivity index (χ2v) is 7.04. The summed E-state index contributed by atoms with van der Waals surface area (Å²) in [5.74, 6) is 1.73. The highest BCUT2D eigenvalue weighted by Crippen LogP contribution is 2.28. The predicted molar refractivity (Wildman–Crippen MR) is 105 cm³/mol. The van der Waals surface area contributed by atoms with Crippen LogP contribution in [0.15, 0.2) is 42.9 Å². The molecule has 0 bridgehead atoms. The first-order valence-electron chi connectivity index (χ1n) is 7.96. The number of hydrogen-bond acceptors (Lipinski definition) is 4. The van der Waals surface area contributed by atoms with Crippen LogP contribution in [0.2, 0.25) is 5.15 Å². The molecule has 5 nitrogen and oxygen atoms in total. The van der Waals surface area contributed by atoms with Crippen molar-refractivity contribution in [2.75, 3.05) is 23.0 Å². The third kappa shape index (κ3) is 6.04. The van der Waals surface area contributed by atoms with Crippen molar-refractivity contribution in [2.45, 2.75) is 12.6 Å². The number of halogens is 4. The van der Waals surface area contributed by atoms with Crippen LogP contribution in [0, 0.1) is 12.3 Å². The molecule has 1 amide bonds. The molecule has 0 saturated carbocycles. The van der Waals surface area contributed by atoms with E-state index in [9.17, 15) is 18.0 Å². The summed E-state index contributed by atoms with van der Waals surface area (Å²) in [7, 11) is 0. The van der Waals surface area contributed by atoms with Gasteiger partial charge < -0.3 is 0 Å². The molecular formula is C18H16ClF3N4OS. The van der Waals surface area contributed by atoms with E-state index in [0.717, 1.165) is 11.8 Å². The third-order valence-electron chi connectivity index (χ3n) is 3.46. The van der Waals surface area contributed by atoms with E-state index in [0.29, 0.717) is 5.69 Å². The minimum absolute atomic E-state index is 0.0460. The van der Waals surface area contributed by atoms with Crippen molar-refractivity contribution < 1.29 is 18.0 Å². The second kappa shape index (κ2) is 9.66. The van der Waals surface area contributed by atoms with Crippen LogP contribution < -0.4 is 4.90 Å². The number of pyridine rings is 1. The summed E-state index contributed by atoms with van der Waals surface area (Å²) in [4.78, 5) is 17.9. The number of nitrogens with zero attached hydrogens (tertiary/aromatic N) is 4. The molecule has 0 aliphatic carbocycles. The fourth-order valence-electron chi connectivity index (χ4n) is 2.14. The minimum atomic E-state index is -4.23. The molecule has 2 aromatic rings. The molecule has 28 heavy (non-hydrogen) atoms. The van der Waals surface area contributed by atoms with E-state index in [1.54, 1.807) is 24.5 Å². The molecule has 0 radical (unpaired) electrons. The van der Waals surface area contributed by atoms with Crippen molar-refractivity contribution in [3.63, 3.8) is 0 Å². The standard InChI is InChI=1S/C18H16ClF3N4OS/c1-3-8-25(17(27)13(2)12-28-9-6-18(20,21)22)15-11-26(24-16(15)19)14-5-4-7-23-10-14/h1,4-5,7,10-11H,2,6,8-9,12H2. The number of amides is 1. The van der Waals surface area contributed by atoms with Crippen molar-refractivity contribution >= 4 is 35.0 Å². The van der Waals surface area contributed by atoms with E-state index < -0.39 is 18.5 Å². The maximum Gasteiger partial charge on any atom is 0.389 e. The highest BCUT2D eigenvalue weighted by Gasteiger charge is 2.27. The van der Waals surface area contributed by atoms with Gasteiger partial charge in [0.1, 0.15) is 5.69 Å². The first-order valence-corrected chi connectivity index (χ1v) is 9.49. The van der Waals surface area contributed by atoms with Crippen molar-refractivity contribution in [1.29, 1.82) is 0 Å².